The van der Waals surface area contributed by atoms with Crippen LogP contribution in [0.2, 0.25) is 0 Å². The summed E-state index contributed by atoms with van der Waals surface area (Å²) in [4.78, 5) is 12.7. The Balaban J connectivity index is 1.77. The lowest BCUT2D eigenvalue weighted by atomic mass is 9.64. The van der Waals surface area contributed by atoms with Crippen LogP contribution in [0.1, 0.15) is 83.5 Å². The lowest BCUT2D eigenvalue weighted by Gasteiger charge is -2.46. The molecule has 0 bridgehead atoms. The molecule has 0 amide bonds. The predicted octanol–water partition coefficient (Wildman–Crippen LogP) is 5.86. The van der Waals surface area contributed by atoms with E-state index < -0.39 is 0 Å². The molecular weight excluding hydrogens is 303 g/mol. The Kier molecular flexibility index (Phi) is 4.91. The van der Waals surface area contributed by atoms with Gasteiger partial charge in [0.05, 0.1) is 9.75 Å². The zero-order valence-corrected chi connectivity index (χ0v) is 14.5. The molecule has 3 fully saturated rings. The quantitative estimate of drug-likeness (QED) is 0.580. The predicted molar refractivity (Wildman–Crippen MR) is 89.2 cm³/mol. The third kappa shape index (κ3) is 3.15. The van der Waals surface area contributed by atoms with Crippen LogP contribution in [-0.4, -0.2) is 15.5 Å². The number of ketones is 1. The third-order valence-electron chi connectivity index (χ3n) is 6.29. The second-order valence-electron chi connectivity index (χ2n) is 7.63. The van der Waals surface area contributed by atoms with E-state index >= 15 is 0 Å². The largest absolute Gasteiger partial charge is 0.299 e. The van der Waals surface area contributed by atoms with E-state index in [1.165, 1.54) is 38.5 Å². The van der Waals surface area contributed by atoms with Gasteiger partial charge in [-0.25, -0.2) is 0 Å². The van der Waals surface area contributed by atoms with Gasteiger partial charge in [-0.05, 0) is 38.5 Å². The van der Waals surface area contributed by atoms with Crippen molar-refractivity contribution >= 4 is 29.0 Å². The first kappa shape index (κ1) is 16.1. The number of rotatable bonds is 2. The molecule has 0 unspecified atom stereocenters. The molecule has 0 aromatic heterocycles. The van der Waals surface area contributed by atoms with Gasteiger partial charge in [-0.1, -0.05) is 44.9 Å². The Morgan fingerprint density at radius 3 is 1.43 bits per heavy atom. The van der Waals surface area contributed by atoms with E-state index in [-0.39, 0.29) is 21.6 Å². The Morgan fingerprint density at radius 1 is 0.667 bits per heavy atom. The number of hydrogen-bond donors (Lipinski definition) is 0. The van der Waals surface area contributed by atoms with Gasteiger partial charge < -0.3 is 0 Å². The number of alkyl halides is 2. The fourth-order valence-corrected chi connectivity index (χ4v) is 6.02. The summed E-state index contributed by atoms with van der Waals surface area (Å²) in [5.41, 5.74) is 0. The normalized spacial score (nSPS) is 36.4. The summed E-state index contributed by atoms with van der Waals surface area (Å²) in [6, 6.07) is 0. The smallest absolute Gasteiger partial charge is 0.142 e. The molecule has 0 heterocycles. The zero-order valence-electron chi connectivity index (χ0n) is 13.0. The molecule has 1 nitrogen and oxygen atoms in total. The Bertz CT molecular complexity index is 347. The van der Waals surface area contributed by atoms with Gasteiger partial charge in [-0.15, -0.1) is 23.2 Å². The van der Waals surface area contributed by atoms with Crippen LogP contribution in [0.5, 0.6) is 0 Å². The maximum Gasteiger partial charge on any atom is 0.142 e. The number of Topliss-reactive ketones (excluding diaryl/α,β-unsaturated/α-hetero) is 1. The molecule has 2 atom stereocenters. The van der Waals surface area contributed by atoms with Crippen LogP contribution < -0.4 is 0 Å². The van der Waals surface area contributed by atoms with E-state index in [0.717, 1.165) is 44.9 Å². The lowest BCUT2D eigenvalue weighted by molar-refractivity contribution is -0.132. The van der Waals surface area contributed by atoms with Gasteiger partial charge in [0.2, 0.25) is 0 Å². The number of carbonyl (C=O) groups is 1. The SMILES string of the molecule is O=C1[C@H](C2(Cl)CCCCC2)CCC[C@H]1C1(Cl)CCCCC1. The highest BCUT2D eigenvalue weighted by Crippen LogP contribution is 2.51. The summed E-state index contributed by atoms with van der Waals surface area (Å²) >= 11 is 13.9. The molecule has 21 heavy (non-hydrogen) atoms. The molecule has 3 heteroatoms. The molecular formula is C18H28Cl2O. The van der Waals surface area contributed by atoms with Crippen LogP contribution in [-0.2, 0) is 4.79 Å². The Morgan fingerprint density at radius 2 is 1.05 bits per heavy atom. The van der Waals surface area contributed by atoms with E-state index in [1.807, 2.05) is 0 Å². The number of hydrogen-bond acceptors (Lipinski definition) is 1. The fraction of sp³-hybridized carbons (Fsp3) is 0.944. The second kappa shape index (κ2) is 6.40. The average Bonchev–Trinajstić information content (AvgIpc) is 2.48. The van der Waals surface area contributed by atoms with Crippen LogP contribution in [0.15, 0.2) is 0 Å². The van der Waals surface area contributed by atoms with Gasteiger partial charge in [0, 0.05) is 11.8 Å². The summed E-state index contributed by atoms with van der Waals surface area (Å²) in [5.74, 6) is 0.543. The first-order valence-electron chi connectivity index (χ1n) is 8.97. The van der Waals surface area contributed by atoms with Crippen LogP contribution in [0, 0.1) is 11.8 Å². The van der Waals surface area contributed by atoms with E-state index in [2.05, 4.69) is 0 Å². The molecule has 0 aromatic rings. The highest BCUT2D eigenvalue weighted by Gasteiger charge is 2.51. The van der Waals surface area contributed by atoms with Crippen LogP contribution in [0.25, 0.3) is 0 Å². The minimum Gasteiger partial charge on any atom is -0.299 e. The molecule has 3 aliphatic carbocycles. The highest BCUT2D eigenvalue weighted by atomic mass is 35.5. The number of halogens is 2. The van der Waals surface area contributed by atoms with Gasteiger partial charge >= 0.3 is 0 Å². The first-order valence-corrected chi connectivity index (χ1v) is 9.72. The molecule has 120 valence electrons. The minimum atomic E-state index is -0.254. The Hall–Kier alpha value is 0.250. The van der Waals surface area contributed by atoms with Crippen molar-refractivity contribution in [3.63, 3.8) is 0 Å². The van der Waals surface area contributed by atoms with Crippen LogP contribution in [0.3, 0.4) is 0 Å². The van der Waals surface area contributed by atoms with Gasteiger partial charge in [-0.3, -0.25) is 4.79 Å². The Labute approximate surface area is 139 Å². The monoisotopic (exact) mass is 330 g/mol. The topological polar surface area (TPSA) is 17.1 Å². The van der Waals surface area contributed by atoms with Crippen molar-refractivity contribution < 1.29 is 4.79 Å². The first-order chi connectivity index (χ1) is 10.1. The van der Waals surface area contributed by atoms with E-state index in [0.29, 0.717) is 5.78 Å². The molecule has 3 aliphatic rings. The third-order valence-corrected chi connectivity index (χ3v) is 7.57. The standard InChI is InChI=1S/C18H28Cl2O/c19-17(10-3-1-4-11-17)14-8-7-9-15(16(14)21)18(20)12-5-2-6-13-18/h14-15H,1-13H2/t14-,15-/m1/s1. The molecule has 0 saturated heterocycles. The van der Waals surface area contributed by atoms with Crippen molar-refractivity contribution in [1.82, 2.24) is 0 Å². The van der Waals surface area contributed by atoms with Gasteiger partial charge in [0.1, 0.15) is 5.78 Å². The van der Waals surface area contributed by atoms with Crippen molar-refractivity contribution in [2.45, 2.75) is 93.2 Å². The molecule has 0 aliphatic heterocycles. The molecule has 0 radical (unpaired) electrons. The maximum atomic E-state index is 13.2. The van der Waals surface area contributed by atoms with Crippen LogP contribution >= 0.6 is 23.2 Å². The number of carbonyl (C=O) groups excluding carboxylic acids is 1. The summed E-state index contributed by atoms with van der Waals surface area (Å²) in [7, 11) is 0. The molecule has 0 N–H and O–H groups in total. The van der Waals surface area contributed by atoms with Crippen LogP contribution in [0.4, 0.5) is 0 Å². The van der Waals surface area contributed by atoms with Crippen molar-refractivity contribution in [2.24, 2.45) is 11.8 Å². The van der Waals surface area contributed by atoms with Crippen molar-refractivity contribution in [3.05, 3.63) is 0 Å². The average molecular weight is 331 g/mol. The summed E-state index contributed by atoms with van der Waals surface area (Å²) in [6.45, 7) is 0. The van der Waals surface area contributed by atoms with Gasteiger partial charge in [0.15, 0.2) is 0 Å². The van der Waals surface area contributed by atoms with Gasteiger partial charge in [-0.2, -0.15) is 0 Å². The van der Waals surface area contributed by atoms with E-state index in [9.17, 15) is 4.79 Å². The van der Waals surface area contributed by atoms with E-state index in [4.69, 9.17) is 23.2 Å². The summed E-state index contributed by atoms with van der Waals surface area (Å²) < 4.78 is 0. The maximum absolute atomic E-state index is 13.2. The van der Waals surface area contributed by atoms with E-state index in [1.54, 1.807) is 0 Å². The molecule has 3 saturated carbocycles. The molecule has 0 spiro atoms. The lowest BCUT2D eigenvalue weighted by Crippen LogP contribution is -2.50. The summed E-state index contributed by atoms with van der Waals surface area (Å²) in [5, 5.41) is 0. The van der Waals surface area contributed by atoms with Crippen molar-refractivity contribution in [1.29, 1.82) is 0 Å². The van der Waals surface area contributed by atoms with Crippen molar-refractivity contribution in [3.8, 4) is 0 Å². The molecule has 3 rings (SSSR count). The zero-order chi connectivity index (χ0) is 14.9. The van der Waals surface area contributed by atoms with Crippen molar-refractivity contribution in [2.75, 3.05) is 0 Å². The summed E-state index contributed by atoms with van der Waals surface area (Å²) in [6.07, 6.45) is 14.5. The second-order valence-corrected chi connectivity index (χ2v) is 9.13. The fourth-order valence-electron chi connectivity index (χ4n) is 5.06. The minimum absolute atomic E-state index is 0.0655. The highest BCUT2D eigenvalue weighted by molar-refractivity contribution is 6.27. The van der Waals surface area contributed by atoms with Gasteiger partial charge in [0.25, 0.3) is 0 Å². The molecule has 0 aromatic carbocycles.